The van der Waals surface area contributed by atoms with Gasteiger partial charge in [-0.15, -0.1) is 0 Å². The molecule has 1 saturated heterocycles. The maximum absolute atomic E-state index is 11.3. The molecule has 0 saturated carbocycles. The van der Waals surface area contributed by atoms with E-state index in [-0.39, 0.29) is 10.7 Å². The fraction of sp³-hybridized carbons (Fsp3) is 0.0909. The van der Waals surface area contributed by atoms with Crippen molar-refractivity contribution in [2.45, 2.75) is 0 Å². The molecule has 0 atom stereocenters. The van der Waals surface area contributed by atoms with Gasteiger partial charge in [0, 0.05) is 0 Å². The number of carbonyl (C=O) groups excluding carboxylic acids is 2. The molecule has 1 N–H and O–H groups in total. The standard InChI is InChI=1S/C11H9NO3Se/c1-15-8-4-2-7(3-5-8)6-9-10(13)12-11(14)16-9/h2-6H,1H3,(H,12,13,14)/b9-6+. The Hall–Kier alpha value is -1.58. The van der Waals surface area contributed by atoms with Crippen LogP contribution in [0.15, 0.2) is 28.7 Å². The van der Waals surface area contributed by atoms with Gasteiger partial charge >= 0.3 is 98.5 Å². The van der Waals surface area contributed by atoms with E-state index in [1.165, 1.54) is 0 Å². The van der Waals surface area contributed by atoms with E-state index < -0.39 is 15.0 Å². The SMILES string of the molecule is COc1ccc(/C=C2/[Se]C(=O)NC2=O)cc1. The van der Waals surface area contributed by atoms with Crippen LogP contribution in [0.1, 0.15) is 5.56 Å². The summed E-state index contributed by atoms with van der Waals surface area (Å²) in [6.45, 7) is 0. The number of amides is 2. The second-order valence-corrected chi connectivity index (χ2v) is 5.25. The molecular weight excluding hydrogens is 273 g/mol. The van der Waals surface area contributed by atoms with E-state index in [0.29, 0.717) is 4.47 Å². The Kier molecular flexibility index (Phi) is 3.08. The van der Waals surface area contributed by atoms with E-state index in [0.717, 1.165) is 11.3 Å². The van der Waals surface area contributed by atoms with Gasteiger partial charge in [-0.2, -0.15) is 0 Å². The van der Waals surface area contributed by atoms with Gasteiger partial charge < -0.3 is 0 Å². The Bertz CT molecular complexity index is 465. The summed E-state index contributed by atoms with van der Waals surface area (Å²) in [6.07, 6.45) is 1.74. The molecule has 5 heteroatoms. The molecule has 16 heavy (non-hydrogen) atoms. The number of nitrogens with one attached hydrogen (secondary N) is 1. The third-order valence-electron chi connectivity index (χ3n) is 2.06. The molecule has 4 nitrogen and oxygen atoms in total. The van der Waals surface area contributed by atoms with Crippen molar-refractivity contribution in [1.29, 1.82) is 0 Å². The number of imide groups is 1. The van der Waals surface area contributed by atoms with Crippen molar-refractivity contribution in [3.63, 3.8) is 0 Å². The molecule has 1 aromatic rings. The van der Waals surface area contributed by atoms with Crippen LogP contribution in [0.2, 0.25) is 0 Å². The fourth-order valence-corrected chi connectivity index (χ4v) is 2.70. The second kappa shape index (κ2) is 4.51. The van der Waals surface area contributed by atoms with Gasteiger partial charge in [0.1, 0.15) is 0 Å². The predicted octanol–water partition coefficient (Wildman–Crippen LogP) is 0.990. The van der Waals surface area contributed by atoms with Crippen LogP contribution in [-0.2, 0) is 4.79 Å². The zero-order valence-electron chi connectivity index (χ0n) is 8.52. The van der Waals surface area contributed by atoms with E-state index >= 15 is 0 Å². The van der Waals surface area contributed by atoms with Crippen LogP contribution in [0.3, 0.4) is 0 Å². The number of carbonyl (C=O) groups is 2. The molecule has 2 amide bonds. The van der Waals surface area contributed by atoms with Gasteiger partial charge in [-0.05, 0) is 0 Å². The van der Waals surface area contributed by atoms with E-state index in [9.17, 15) is 9.59 Å². The average Bonchev–Trinajstić information content (AvgIpc) is 2.59. The molecule has 1 fully saturated rings. The zero-order chi connectivity index (χ0) is 11.5. The van der Waals surface area contributed by atoms with E-state index in [2.05, 4.69) is 5.32 Å². The van der Waals surface area contributed by atoms with Crippen LogP contribution in [-0.4, -0.2) is 32.8 Å². The van der Waals surface area contributed by atoms with Gasteiger partial charge in [-0.1, -0.05) is 0 Å². The van der Waals surface area contributed by atoms with E-state index in [1.807, 2.05) is 24.3 Å². The van der Waals surface area contributed by atoms with Crippen LogP contribution < -0.4 is 10.1 Å². The average molecular weight is 282 g/mol. The van der Waals surface area contributed by atoms with Crippen LogP contribution in [0.4, 0.5) is 4.79 Å². The minimum atomic E-state index is -0.406. The van der Waals surface area contributed by atoms with Crippen LogP contribution in [0.25, 0.3) is 6.08 Å². The number of ether oxygens (including phenoxy) is 1. The quantitative estimate of drug-likeness (QED) is 0.650. The first-order valence-corrected chi connectivity index (χ1v) is 6.29. The molecule has 0 spiro atoms. The van der Waals surface area contributed by atoms with Crippen molar-refractivity contribution >= 4 is 31.7 Å². The molecule has 0 bridgehead atoms. The Morgan fingerprint density at radius 1 is 1.25 bits per heavy atom. The van der Waals surface area contributed by atoms with Crippen molar-refractivity contribution in [2.24, 2.45) is 0 Å². The third kappa shape index (κ3) is 2.32. The normalized spacial score (nSPS) is 17.7. The summed E-state index contributed by atoms with van der Waals surface area (Å²) in [6, 6.07) is 7.32. The first-order valence-electron chi connectivity index (χ1n) is 4.58. The topological polar surface area (TPSA) is 55.4 Å². The molecule has 2 rings (SSSR count). The molecule has 82 valence electrons. The van der Waals surface area contributed by atoms with Crippen molar-refractivity contribution < 1.29 is 14.3 Å². The van der Waals surface area contributed by atoms with Gasteiger partial charge in [0.2, 0.25) is 0 Å². The molecule has 1 aliphatic rings. The number of benzene rings is 1. The summed E-state index contributed by atoms with van der Waals surface area (Å²) >= 11 is -0.406. The Labute approximate surface area is 98.8 Å². The predicted molar refractivity (Wildman–Crippen MR) is 60.3 cm³/mol. The van der Waals surface area contributed by atoms with Gasteiger partial charge in [0.25, 0.3) is 0 Å². The number of rotatable bonds is 2. The Morgan fingerprint density at radius 2 is 1.94 bits per heavy atom. The van der Waals surface area contributed by atoms with Gasteiger partial charge in [-0.3, -0.25) is 0 Å². The number of hydrogen-bond acceptors (Lipinski definition) is 3. The van der Waals surface area contributed by atoms with Gasteiger partial charge in [-0.25, -0.2) is 0 Å². The first-order chi connectivity index (χ1) is 7.69. The first kappa shape index (κ1) is 10.9. The zero-order valence-corrected chi connectivity index (χ0v) is 10.2. The number of hydrogen-bond donors (Lipinski definition) is 1. The fourth-order valence-electron chi connectivity index (χ4n) is 1.27. The summed E-state index contributed by atoms with van der Waals surface area (Å²) in [5.41, 5.74) is 0.891. The summed E-state index contributed by atoms with van der Waals surface area (Å²) in [5, 5.41) is 2.27. The summed E-state index contributed by atoms with van der Waals surface area (Å²) in [5.74, 6) is 0.487. The third-order valence-corrected chi connectivity index (χ3v) is 3.76. The van der Waals surface area contributed by atoms with Crippen LogP contribution in [0.5, 0.6) is 5.75 Å². The van der Waals surface area contributed by atoms with E-state index in [1.54, 1.807) is 13.2 Å². The molecule has 1 heterocycles. The summed E-state index contributed by atoms with van der Waals surface area (Å²) in [4.78, 5) is 22.1. The summed E-state index contributed by atoms with van der Waals surface area (Å²) < 4.78 is 5.59. The van der Waals surface area contributed by atoms with Gasteiger partial charge in [0.05, 0.1) is 0 Å². The Morgan fingerprint density at radius 3 is 2.44 bits per heavy atom. The molecular formula is C11H9NO3Se. The second-order valence-electron chi connectivity index (χ2n) is 3.13. The number of methoxy groups -OCH3 is 1. The molecule has 0 aliphatic carbocycles. The molecule has 1 aliphatic heterocycles. The molecule has 0 aromatic heterocycles. The maximum atomic E-state index is 11.3. The van der Waals surface area contributed by atoms with Crippen LogP contribution >= 0.6 is 0 Å². The van der Waals surface area contributed by atoms with Crippen molar-refractivity contribution in [3.8, 4) is 5.75 Å². The Balaban J connectivity index is 2.22. The van der Waals surface area contributed by atoms with Crippen molar-refractivity contribution in [1.82, 2.24) is 5.32 Å². The summed E-state index contributed by atoms with van der Waals surface area (Å²) in [7, 11) is 1.60. The molecule has 0 radical (unpaired) electrons. The molecule has 1 aromatic carbocycles. The van der Waals surface area contributed by atoms with Crippen molar-refractivity contribution in [3.05, 3.63) is 34.3 Å². The monoisotopic (exact) mass is 283 g/mol. The molecule has 0 unspecified atom stereocenters. The van der Waals surface area contributed by atoms with E-state index in [4.69, 9.17) is 4.74 Å². The van der Waals surface area contributed by atoms with Crippen LogP contribution in [0, 0.1) is 0 Å². The van der Waals surface area contributed by atoms with Crippen molar-refractivity contribution in [2.75, 3.05) is 7.11 Å². The van der Waals surface area contributed by atoms with Gasteiger partial charge in [0.15, 0.2) is 0 Å². The minimum absolute atomic E-state index is 0.183.